The van der Waals surface area contributed by atoms with Crippen LogP contribution in [0.25, 0.3) is 0 Å². The molecule has 1 unspecified atom stereocenters. The number of aliphatic hydroxyl groups is 1. The summed E-state index contributed by atoms with van der Waals surface area (Å²) < 4.78 is 5.52. The molecule has 2 heterocycles. The predicted octanol–water partition coefficient (Wildman–Crippen LogP) is 5.00. The number of aromatic nitrogens is 1. The maximum Gasteiger partial charge on any atom is 0.290 e. The molecule has 182 valence electrons. The minimum absolute atomic E-state index is 0.0882. The molecule has 1 atom stereocenters. The molecule has 0 aliphatic carbocycles. The molecule has 0 bridgehead atoms. The first-order chi connectivity index (χ1) is 16.7. The van der Waals surface area contributed by atoms with Crippen molar-refractivity contribution in [3.05, 3.63) is 86.6 Å². The van der Waals surface area contributed by atoms with Gasteiger partial charge >= 0.3 is 0 Å². The van der Waals surface area contributed by atoms with Gasteiger partial charge in [-0.25, -0.2) is 4.98 Å². The van der Waals surface area contributed by atoms with Crippen molar-refractivity contribution < 1.29 is 19.4 Å². The van der Waals surface area contributed by atoms with Gasteiger partial charge in [0, 0.05) is 26.3 Å². The van der Waals surface area contributed by atoms with Crippen LogP contribution in [-0.4, -0.2) is 47.4 Å². The van der Waals surface area contributed by atoms with E-state index in [2.05, 4.69) is 4.98 Å². The fraction of sp³-hybridized carbons (Fsp3) is 0.296. The van der Waals surface area contributed by atoms with Gasteiger partial charge in [0.15, 0.2) is 5.76 Å². The average molecular weight is 492 g/mol. The van der Waals surface area contributed by atoms with Crippen molar-refractivity contribution in [3.63, 3.8) is 0 Å². The highest BCUT2D eigenvalue weighted by Gasteiger charge is 2.44. The Morgan fingerprint density at radius 1 is 1.11 bits per heavy atom. The third kappa shape index (κ3) is 4.79. The quantitative estimate of drug-likeness (QED) is 0.447. The monoisotopic (exact) mass is 491 g/mol. The van der Waals surface area contributed by atoms with E-state index < -0.39 is 17.7 Å². The summed E-state index contributed by atoms with van der Waals surface area (Å²) in [4.78, 5) is 35.3. The van der Waals surface area contributed by atoms with Gasteiger partial charge in [0.1, 0.15) is 5.75 Å². The summed E-state index contributed by atoms with van der Waals surface area (Å²) in [5.41, 5.74) is 3.29. The molecule has 4 rings (SSSR count). The van der Waals surface area contributed by atoms with Gasteiger partial charge in [-0.2, -0.15) is 0 Å². The second-order valence-electron chi connectivity index (χ2n) is 8.64. The first-order valence-electron chi connectivity index (χ1n) is 11.4. The van der Waals surface area contributed by atoms with E-state index in [0.717, 1.165) is 27.6 Å². The molecule has 0 saturated carbocycles. The number of ether oxygens (including phenoxy) is 1. The van der Waals surface area contributed by atoms with Crippen LogP contribution in [0.15, 0.2) is 59.9 Å². The van der Waals surface area contributed by atoms with Crippen molar-refractivity contribution in [2.24, 2.45) is 0 Å². The van der Waals surface area contributed by atoms with Crippen LogP contribution in [0.1, 0.15) is 44.5 Å². The number of hydrogen-bond donors (Lipinski definition) is 1. The van der Waals surface area contributed by atoms with E-state index in [1.807, 2.05) is 81.4 Å². The minimum Gasteiger partial charge on any atom is -0.503 e. The fourth-order valence-corrected chi connectivity index (χ4v) is 5.14. The maximum absolute atomic E-state index is 13.7. The number of thiazole rings is 1. The van der Waals surface area contributed by atoms with Gasteiger partial charge in [0.05, 0.1) is 33.8 Å². The lowest BCUT2D eigenvalue weighted by molar-refractivity contribution is -0.130. The lowest BCUT2D eigenvalue weighted by atomic mass is 9.94. The number of aliphatic hydroxyl groups excluding tert-OH is 1. The smallest absolute Gasteiger partial charge is 0.290 e. The van der Waals surface area contributed by atoms with Crippen LogP contribution in [0.3, 0.4) is 0 Å². The van der Waals surface area contributed by atoms with Crippen LogP contribution in [0.5, 0.6) is 5.75 Å². The third-order valence-electron chi connectivity index (χ3n) is 5.97. The molecular formula is C27H29N3O4S. The van der Waals surface area contributed by atoms with E-state index in [4.69, 9.17) is 4.74 Å². The highest BCUT2D eigenvalue weighted by atomic mass is 32.1. The standard InChI is InChI=1S/C27H29N3O4S/c1-6-34-21-13-7-18(8-14-21)15-30-23(19-9-11-20(12-10-19)29(4)5)22(25(32)27(30)33)24(31)26-16(2)28-17(3)35-26/h7-14,23,32H,6,15H2,1-5H3. The number of Topliss-reactive ketones (excluding diaryl/α,β-unsaturated/α-hetero) is 1. The Labute approximate surface area is 209 Å². The number of nitrogens with zero attached hydrogens (tertiary/aromatic N) is 3. The average Bonchev–Trinajstić information content (AvgIpc) is 3.30. The Morgan fingerprint density at radius 2 is 1.77 bits per heavy atom. The second-order valence-corrected chi connectivity index (χ2v) is 9.84. The van der Waals surface area contributed by atoms with Crippen molar-refractivity contribution in [1.29, 1.82) is 0 Å². The van der Waals surface area contributed by atoms with Gasteiger partial charge in [-0.1, -0.05) is 24.3 Å². The molecular weight excluding hydrogens is 462 g/mol. The molecule has 2 aromatic carbocycles. The summed E-state index contributed by atoms with van der Waals surface area (Å²) in [6, 6.07) is 14.4. The van der Waals surface area contributed by atoms with Crippen molar-refractivity contribution >= 4 is 28.7 Å². The van der Waals surface area contributed by atoms with Gasteiger partial charge < -0.3 is 19.6 Å². The SMILES string of the molecule is CCOc1ccc(CN2C(=O)C(O)=C(C(=O)c3sc(C)nc3C)C2c2ccc(N(C)C)cc2)cc1. The maximum atomic E-state index is 13.7. The zero-order valence-electron chi connectivity index (χ0n) is 20.5. The minimum atomic E-state index is -0.723. The normalized spacial score (nSPS) is 15.6. The van der Waals surface area contributed by atoms with E-state index >= 15 is 0 Å². The summed E-state index contributed by atoms with van der Waals surface area (Å²) >= 11 is 1.27. The van der Waals surface area contributed by atoms with E-state index in [1.54, 1.807) is 11.8 Å². The zero-order chi connectivity index (χ0) is 25.3. The van der Waals surface area contributed by atoms with Crippen LogP contribution in [-0.2, 0) is 11.3 Å². The number of hydrogen-bond acceptors (Lipinski definition) is 7. The molecule has 0 spiro atoms. The van der Waals surface area contributed by atoms with Gasteiger partial charge in [-0.15, -0.1) is 11.3 Å². The largest absolute Gasteiger partial charge is 0.503 e. The van der Waals surface area contributed by atoms with Crippen LogP contribution in [0, 0.1) is 13.8 Å². The first-order valence-corrected chi connectivity index (χ1v) is 12.2. The van der Waals surface area contributed by atoms with Gasteiger partial charge in [-0.3, -0.25) is 9.59 Å². The van der Waals surface area contributed by atoms with Crippen molar-refractivity contribution in [1.82, 2.24) is 9.88 Å². The van der Waals surface area contributed by atoms with E-state index in [9.17, 15) is 14.7 Å². The molecule has 1 aromatic heterocycles. The molecule has 0 fully saturated rings. The number of anilines is 1. The fourth-order valence-electron chi connectivity index (χ4n) is 4.27. The molecule has 1 aliphatic heterocycles. The van der Waals surface area contributed by atoms with E-state index in [1.165, 1.54) is 11.3 Å². The Kier molecular flexibility index (Phi) is 6.93. The zero-order valence-corrected chi connectivity index (χ0v) is 21.3. The topological polar surface area (TPSA) is 83.0 Å². The lowest BCUT2D eigenvalue weighted by Gasteiger charge is -2.27. The number of amides is 1. The number of benzene rings is 2. The van der Waals surface area contributed by atoms with Crippen LogP contribution in [0.4, 0.5) is 5.69 Å². The van der Waals surface area contributed by atoms with Crippen LogP contribution < -0.4 is 9.64 Å². The lowest BCUT2D eigenvalue weighted by Crippen LogP contribution is -2.30. The van der Waals surface area contributed by atoms with Crippen LogP contribution >= 0.6 is 11.3 Å². The molecule has 1 N–H and O–H groups in total. The molecule has 0 saturated heterocycles. The molecule has 0 radical (unpaired) electrons. The molecule has 35 heavy (non-hydrogen) atoms. The Balaban J connectivity index is 1.76. The number of aryl methyl sites for hydroxylation is 2. The summed E-state index contributed by atoms with van der Waals surface area (Å²) in [6.45, 7) is 6.31. The van der Waals surface area contributed by atoms with E-state index in [0.29, 0.717) is 17.2 Å². The van der Waals surface area contributed by atoms with Gasteiger partial charge in [0.2, 0.25) is 5.78 Å². The molecule has 1 amide bonds. The van der Waals surface area contributed by atoms with E-state index in [-0.39, 0.29) is 17.9 Å². The Hall–Kier alpha value is -3.65. The highest BCUT2D eigenvalue weighted by Crippen LogP contribution is 2.41. The highest BCUT2D eigenvalue weighted by molar-refractivity contribution is 7.14. The van der Waals surface area contributed by atoms with Gasteiger partial charge in [0.25, 0.3) is 5.91 Å². The Bertz CT molecular complexity index is 1280. The summed E-state index contributed by atoms with van der Waals surface area (Å²) in [5, 5.41) is 11.7. The summed E-state index contributed by atoms with van der Waals surface area (Å²) in [6.07, 6.45) is 0. The summed E-state index contributed by atoms with van der Waals surface area (Å²) in [7, 11) is 3.89. The molecule has 3 aromatic rings. The molecule has 1 aliphatic rings. The number of rotatable bonds is 8. The number of ketones is 1. The molecule has 8 heteroatoms. The third-order valence-corrected chi connectivity index (χ3v) is 7.04. The second kappa shape index (κ2) is 9.92. The summed E-state index contributed by atoms with van der Waals surface area (Å²) in [5.74, 6) is -0.696. The van der Waals surface area contributed by atoms with Crippen LogP contribution in [0.2, 0.25) is 0 Å². The van der Waals surface area contributed by atoms with Crippen molar-refractivity contribution in [3.8, 4) is 5.75 Å². The number of carbonyl (C=O) groups excluding carboxylic acids is 2. The first kappa shape index (κ1) is 24.5. The van der Waals surface area contributed by atoms with Crippen molar-refractivity contribution in [2.75, 3.05) is 25.6 Å². The Morgan fingerprint density at radius 3 is 2.31 bits per heavy atom. The van der Waals surface area contributed by atoms with Crippen molar-refractivity contribution in [2.45, 2.75) is 33.4 Å². The number of carbonyl (C=O) groups is 2. The predicted molar refractivity (Wildman–Crippen MR) is 137 cm³/mol. The van der Waals surface area contributed by atoms with Gasteiger partial charge in [-0.05, 0) is 56.2 Å². The molecule has 7 nitrogen and oxygen atoms in total.